The third-order valence-electron chi connectivity index (χ3n) is 3.20. The van der Waals surface area contributed by atoms with Crippen molar-refractivity contribution in [1.82, 2.24) is 0 Å². The van der Waals surface area contributed by atoms with Gasteiger partial charge in [0.05, 0.1) is 12.3 Å². The number of carbonyl (C=O) groups is 2. The minimum absolute atomic E-state index is 0.0850. The van der Waals surface area contributed by atoms with Gasteiger partial charge in [0, 0.05) is 5.56 Å². The first-order chi connectivity index (χ1) is 9.60. The topological polar surface area (TPSA) is 61.8 Å². The minimum atomic E-state index is -0.250. The van der Waals surface area contributed by atoms with Crippen molar-refractivity contribution < 1.29 is 23.8 Å². The average molecular weight is 278 g/mol. The Morgan fingerprint density at radius 3 is 2.95 bits per heavy atom. The molecule has 1 aliphatic rings. The predicted molar refractivity (Wildman–Crippen MR) is 71.7 cm³/mol. The maximum Gasteiger partial charge on any atom is 0.315 e. The summed E-state index contributed by atoms with van der Waals surface area (Å²) in [4.78, 5) is 22.6. The summed E-state index contributed by atoms with van der Waals surface area (Å²) < 4.78 is 15.6. The van der Waals surface area contributed by atoms with Gasteiger partial charge in [0.25, 0.3) is 0 Å². The van der Waals surface area contributed by atoms with E-state index in [0.29, 0.717) is 11.5 Å². The van der Waals surface area contributed by atoms with Gasteiger partial charge in [0.1, 0.15) is 24.7 Å². The molecule has 1 aromatic carbocycles. The van der Waals surface area contributed by atoms with Crippen LogP contribution in [-0.2, 0) is 20.7 Å². The van der Waals surface area contributed by atoms with E-state index >= 15 is 0 Å². The molecule has 0 saturated heterocycles. The molecule has 1 aliphatic heterocycles. The summed E-state index contributed by atoms with van der Waals surface area (Å²) >= 11 is 0. The first-order valence-electron chi connectivity index (χ1n) is 6.73. The van der Waals surface area contributed by atoms with E-state index in [1.807, 2.05) is 13.8 Å². The molecular weight excluding hydrogens is 260 g/mol. The largest absolute Gasteiger partial charge is 0.490 e. The first-order valence-corrected chi connectivity index (χ1v) is 6.73. The fourth-order valence-corrected chi connectivity index (χ4v) is 1.81. The molecule has 0 aliphatic carbocycles. The molecule has 1 heterocycles. The van der Waals surface area contributed by atoms with Crippen molar-refractivity contribution in [3.63, 3.8) is 0 Å². The molecule has 1 atom stereocenters. The lowest BCUT2D eigenvalue weighted by Gasteiger charge is -2.10. The van der Waals surface area contributed by atoms with Crippen molar-refractivity contribution in [2.45, 2.75) is 26.7 Å². The second-order valence-electron chi connectivity index (χ2n) is 4.75. The second kappa shape index (κ2) is 6.41. The Bertz CT molecular complexity index is 509. The van der Waals surface area contributed by atoms with Crippen LogP contribution in [0.2, 0.25) is 0 Å². The van der Waals surface area contributed by atoms with Gasteiger partial charge in [-0.05, 0) is 24.6 Å². The van der Waals surface area contributed by atoms with Crippen LogP contribution in [0.4, 0.5) is 0 Å². The van der Waals surface area contributed by atoms with E-state index in [4.69, 9.17) is 14.2 Å². The van der Waals surface area contributed by atoms with E-state index in [9.17, 15) is 9.59 Å². The maximum absolute atomic E-state index is 11.4. The lowest BCUT2D eigenvalue weighted by atomic mass is 10.1. The molecule has 5 nitrogen and oxygen atoms in total. The number of rotatable bonds is 6. The van der Waals surface area contributed by atoms with Crippen molar-refractivity contribution in [1.29, 1.82) is 0 Å². The molecule has 0 saturated carbocycles. The van der Waals surface area contributed by atoms with E-state index in [0.717, 1.165) is 12.0 Å². The highest BCUT2D eigenvalue weighted by atomic mass is 16.6. The normalized spacial score (nSPS) is 14.4. The third kappa shape index (κ3) is 3.50. The zero-order valence-electron chi connectivity index (χ0n) is 11.7. The molecule has 0 aromatic heterocycles. The molecule has 20 heavy (non-hydrogen) atoms. The van der Waals surface area contributed by atoms with Gasteiger partial charge in [-0.1, -0.05) is 13.8 Å². The number of carbonyl (C=O) groups excluding carboxylic acids is 2. The molecule has 0 bridgehead atoms. The SMILES string of the molecule is CCC(C)C(=O)OCCOc1ccc2c(c1)CC(=O)O2. The Kier molecular flexibility index (Phi) is 4.61. The molecular formula is C15H18O5. The van der Waals surface area contributed by atoms with Crippen LogP contribution >= 0.6 is 0 Å². The van der Waals surface area contributed by atoms with Gasteiger partial charge in [0.15, 0.2) is 0 Å². The number of esters is 2. The van der Waals surface area contributed by atoms with E-state index in [1.165, 1.54) is 0 Å². The number of fused-ring (bicyclic) bond motifs is 1. The van der Waals surface area contributed by atoms with Gasteiger partial charge in [0.2, 0.25) is 0 Å². The standard InChI is InChI=1S/C15H18O5/c1-3-10(2)15(17)19-7-6-18-12-4-5-13-11(8-12)9-14(16)20-13/h4-5,8,10H,3,6-7,9H2,1-2H3. The Labute approximate surface area is 117 Å². The molecule has 108 valence electrons. The molecule has 0 radical (unpaired) electrons. The van der Waals surface area contributed by atoms with Gasteiger partial charge < -0.3 is 14.2 Å². The van der Waals surface area contributed by atoms with Crippen molar-refractivity contribution >= 4 is 11.9 Å². The molecule has 1 unspecified atom stereocenters. The van der Waals surface area contributed by atoms with Crippen LogP contribution in [0.1, 0.15) is 25.8 Å². The van der Waals surface area contributed by atoms with Gasteiger partial charge in [-0.15, -0.1) is 0 Å². The molecule has 0 N–H and O–H groups in total. The summed E-state index contributed by atoms with van der Waals surface area (Å²) in [5.41, 5.74) is 0.823. The van der Waals surface area contributed by atoms with Crippen LogP contribution < -0.4 is 9.47 Å². The zero-order valence-corrected chi connectivity index (χ0v) is 11.7. The van der Waals surface area contributed by atoms with Crippen LogP contribution in [0.5, 0.6) is 11.5 Å². The highest BCUT2D eigenvalue weighted by molar-refractivity contribution is 5.81. The molecule has 0 spiro atoms. The number of benzene rings is 1. The molecule has 2 rings (SSSR count). The summed E-state index contributed by atoms with van der Waals surface area (Å²) in [7, 11) is 0. The van der Waals surface area contributed by atoms with Crippen molar-refractivity contribution in [3.05, 3.63) is 23.8 Å². The Morgan fingerprint density at radius 2 is 2.20 bits per heavy atom. The fourth-order valence-electron chi connectivity index (χ4n) is 1.81. The lowest BCUT2D eigenvalue weighted by Crippen LogP contribution is -2.17. The lowest BCUT2D eigenvalue weighted by molar-refractivity contribution is -0.148. The van der Waals surface area contributed by atoms with Gasteiger partial charge >= 0.3 is 11.9 Å². The van der Waals surface area contributed by atoms with Crippen molar-refractivity contribution in [2.75, 3.05) is 13.2 Å². The Hall–Kier alpha value is -2.04. The highest BCUT2D eigenvalue weighted by Crippen LogP contribution is 2.29. The highest BCUT2D eigenvalue weighted by Gasteiger charge is 2.20. The van der Waals surface area contributed by atoms with Crippen molar-refractivity contribution in [2.24, 2.45) is 5.92 Å². The summed E-state index contributed by atoms with van der Waals surface area (Å²) in [6.07, 6.45) is 1.04. The number of hydrogen-bond donors (Lipinski definition) is 0. The van der Waals surface area contributed by atoms with Gasteiger partial charge in [-0.3, -0.25) is 9.59 Å². The average Bonchev–Trinajstić information content (AvgIpc) is 2.81. The molecule has 1 aromatic rings. The fraction of sp³-hybridized carbons (Fsp3) is 0.467. The quantitative estimate of drug-likeness (QED) is 0.453. The summed E-state index contributed by atoms with van der Waals surface area (Å²) in [5, 5.41) is 0. The molecule has 5 heteroatoms. The van der Waals surface area contributed by atoms with Crippen LogP contribution in [0.15, 0.2) is 18.2 Å². The van der Waals surface area contributed by atoms with Crippen LogP contribution in [0.3, 0.4) is 0 Å². The van der Waals surface area contributed by atoms with Gasteiger partial charge in [-0.25, -0.2) is 0 Å². The Morgan fingerprint density at radius 1 is 1.40 bits per heavy atom. The minimum Gasteiger partial charge on any atom is -0.490 e. The van der Waals surface area contributed by atoms with Crippen LogP contribution in [0, 0.1) is 5.92 Å². The number of ether oxygens (including phenoxy) is 3. The second-order valence-corrected chi connectivity index (χ2v) is 4.75. The van der Waals surface area contributed by atoms with Gasteiger partial charge in [-0.2, -0.15) is 0 Å². The maximum atomic E-state index is 11.4. The summed E-state index contributed by atoms with van der Waals surface area (Å²) in [5.74, 6) is 0.689. The molecule has 0 fully saturated rings. The predicted octanol–water partition coefficient (Wildman–Crippen LogP) is 2.12. The molecule has 0 amide bonds. The van der Waals surface area contributed by atoms with Crippen LogP contribution in [0.25, 0.3) is 0 Å². The van der Waals surface area contributed by atoms with E-state index < -0.39 is 0 Å². The van der Waals surface area contributed by atoms with E-state index in [1.54, 1.807) is 18.2 Å². The van der Waals surface area contributed by atoms with E-state index in [2.05, 4.69) is 0 Å². The monoisotopic (exact) mass is 278 g/mol. The van der Waals surface area contributed by atoms with Crippen molar-refractivity contribution in [3.8, 4) is 11.5 Å². The summed E-state index contributed by atoms with van der Waals surface area (Å²) in [6, 6.07) is 5.21. The Balaban J connectivity index is 1.77. The zero-order chi connectivity index (χ0) is 14.5. The third-order valence-corrected chi connectivity index (χ3v) is 3.20. The van der Waals surface area contributed by atoms with Crippen LogP contribution in [-0.4, -0.2) is 25.2 Å². The smallest absolute Gasteiger partial charge is 0.315 e. The number of hydrogen-bond acceptors (Lipinski definition) is 5. The first kappa shape index (κ1) is 14.4. The van der Waals surface area contributed by atoms with E-state index in [-0.39, 0.29) is 37.5 Å². The summed E-state index contributed by atoms with van der Waals surface area (Å²) in [6.45, 7) is 4.28.